The van der Waals surface area contributed by atoms with Crippen molar-refractivity contribution in [3.05, 3.63) is 22.2 Å². The van der Waals surface area contributed by atoms with Gasteiger partial charge in [0.2, 0.25) is 5.16 Å². The summed E-state index contributed by atoms with van der Waals surface area (Å²) in [7, 11) is 0. The number of carbonyl (C=O) groups is 1. The molecule has 0 bridgehead atoms. The summed E-state index contributed by atoms with van der Waals surface area (Å²) in [4.78, 5) is 29.3. The predicted octanol–water partition coefficient (Wildman–Crippen LogP) is -0.130. The van der Waals surface area contributed by atoms with Gasteiger partial charge in [0.05, 0.1) is 0 Å². The van der Waals surface area contributed by atoms with E-state index in [1.807, 2.05) is 0 Å². The largest absolute Gasteiger partial charge is 0.480 e. The molecule has 0 radical (unpaired) electrons. The van der Waals surface area contributed by atoms with Crippen molar-refractivity contribution >= 4 is 17.7 Å². The summed E-state index contributed by atoms with van der Waals surface area (Å²) in [5.74, 6) is -0.0628. The minimum absolute atomic E-state index is 0.235. The van der Waals surface area contributed by atoms with Crippen LogP contribution in [0, 0.1) is 0 Å². The first-order chi connectivity index (χ1) is 9.61. The van der Waals surface area contributed by atoms with E-state index in [4.69, 9.17) is 5.11 Å². The molecular weight excluding hydrogens is 284 g/mol. The van der Waals surface area contributed by atoms with Gasteiger partial charge in [0.15, 0.2) is 0 Å². The average Bonchev–Trinajstić information content (AvgIpc) is 3.13. The van der Waals surface area contributed by atoms with Gasteiger partial charge < -0.3 is 10.1 Å². The van der Waals surface area contributed by atoms with E-state index in [1.54, 1.807) is 0 Å². The van der Waals surface area contributed by atoms with Gasteiger partial charge in [-0.05, 0) is 35.0 Å². The van der Waals surface area contributed by atoms with Crippen molar-refractivity contribution in [1.82, 2.24) is 30.2 Å². The van der Waals surface area contributed by atoms with Crippen molar-refractivity contribution in [3.8, 4) is 0 Å². The van der Waals surface area contributed by atoms with Gasteiger partial charge >= 0.3 is 5.97 Å². The second kappa shape index (κ2) is 5.04. The number of aromatic amines is 1. The number of nitrogens with one attached hydrogen (secondary N) is 1. The normalized spacial score (nSPS) is 14.4. The number of hydrogen-bond donors (Lipinski definition) is 2. The zero-order valence-electron chi connectivity index (χ0n) is 10.2. The van der Waals surface area contributed by atoms with Crippen LogP contribution >= 0.6 is 11.8 Å². The van der Waals surface area contributed by atoms with Crippen LogP contribution in [0.4, 0.5) is 0 Å². The Kier molecular flexibility index (Phi) is 3.22. The second-order valence-electron chi connectivity index (χ2n) is 4.36. The summed E-state index contributed by atoms with van der Waals surface area (Å²) < 4.78 is 1.15. The molecule has 1 aliphatic carbocycles. The number of carboxylic acids is 1. The van der Waals surface area contributed by atoms with Gasteiger partial charge in [-0.15, -0.1) is 5.10 Å². The number of aliphatic carboxylic acids is 1. The van der Waals surface area contributed by atoms with Gasteiger partial charge in [-0.25, -0.2) is 9.67 Å². The first-order valence-corrected chi connectivity index (χ1v) is 6.70. The van der Waals surface area contributed by atoms with Crippen molar-refractivity contribution in [3.63, 3.8) is 0 Å². The van der Waals surface area contributed by atoms with Crippen LogP contribution in [0.1, 0.15) is 24.6 Å². The maximum absolute atomic E-state index is 11.6. The molecule has 9 nitrogen and oxygen atoms in total. The average molecular weight is 294 g/mol. The zero-order chi connectivity index (χ0) is 14.1. The maximum atomic E-state index is 11.6. The van der Waals surface area contributed by atoms with Crippen LogP contribution in [0.25, 0.3) is 0 Å². The fraction of sp³-hybridized carbons (Fsp3) is 0.400. The quantitative estimate of drug-likeness (QED) is 0.730. The van der Waals surface area contributed by atoms with Gasteiger partial charge in [-0.3, -0.25) is 9.59 Å². The summed E-state index contributed by atoms with van der Waals surface area (Å²) in [6.45, 7) is -0.339. The van der Waals surface area contributed by atoms with E-state index in [2.05, 4.69) is 25.5 Å². The van der Waals surface area contributed by atoms with E-state index in [1.165, 1.54) is 6.07 Å². The first-order valence-electron chi connectivity index (χ1n) is 5.89. The van der Waals surface area contributed by atoms with Crippen LogP contribution in [-0.2, 0) is 11.3 Å². The highest BCUT2D eigenvalue weighted by Crippen LogP contribution is 2.38. The standard InChI is InChI=1S/C10H10N6O3S/c17-6-3-7(12-9(11-6)5-1-2-5)20-10-13-14-15-16(10)4-8(18)19/h3,5H,1-2,4H2,(H,18,19)(H,11,12,17). The minimum atomic E-state index is -1.04. The van der Waals surface area contributed by atoms with E-state index < -0.39 is 5.97 Å². The lowest BCUT2D eigenvalue weighted by atomic mass is 10.4. The lowest BCUT2D eigenvalue weighted by Gasteiger charge is -2.02. The Morgan fingerprint density at radius 1 is 1.55 bits per heavy atom. The predicted molar refractivity (Wildman–Crippen MR) is 66.4 cm³/mol. The molecule has 2 heterocycles. The highest BCUT2D eigenvalue weighted by Gasteiger charge is 2.26. The Labute approximate surface area is 116 Å². The maximum Gasteiger partial charge on any atom is 0.325 e. The van der Waals surface area contributed by atoms with Crippen molar-refractivity contribution in [2.45, 2.75) is 35.5 Å². The Morgan fingerprint density at radius 2 is 2.35 bits per heavy atom. The van der Waals surface area contributed by atoms with Crippen LogP contribution < -0.4 is 5.56 Å². The Balaban J connectivity index is 1.85. The molecule has 2 aromatic rings. The summed E-state index contributed by atoms with van der Waals surface area (Å²) in [6, 6.07) is 1.34. The first kappa shape index (κ1) is 12.8. The van der Waals surface area contributed by atoms with E-state index in [9.17, 15) is 9.59 Å². The number of nitrogens with zero attached hydrogens (tertiary/aromatic N) is 5. The molecule has 104 valence electrons. The number of H-pyrrole nitrogens is 1. The van der Waals surface area contributed by atoms with Gasteiger partial charge in [-0.1, -0.05) is 0 Å². The van der Waals surface area contributed by atoms with E-state index in [-0.39, 0.29) is 17.3 Å². The van der Waals surface area contributed by atoms with Gasteiger partial charge in [0, 0.05) is 12.0 Å². The number of aromatic nitrogens is 6. The smallest absolute Gasteiger partial charge is 0.325 e. The van der Waals surface area contributed by atoms with Crippen LogP contribution in [-0.4, -0.2) is 41.3 Å². The fourth-order valence-electron chi connectivity index (χ4n) is 1.65. The minimum Gasteiger partial charge on any atom is -0.480 e. The molecule has 0 spiro atoms. The van der Waals surface area contributed by atoms with Crippen molar-refractivity contribution in [2.24, 2.45) is 0 Å². The highest BCUT2D eigenvalue weighted by atomic mass is 32.2. The van der Waals surface area contributed by atoms with Crippen molar-refractivity contribution in [1.29, 1.82) is 0 Å². The molecule has 20 heavy (non-hydrogen) atoms. The molecule has 2 aromatic heterocycles. The number of carboxylic acid groups (broad SMARTS) is 1. The third kappa shape index (κ3) is 2.85. The fourth-order valence-corrected chi connectivity index (χ4v) is 2.43. The Bertz CT molecular complexity index is 707. The zero-order valence-corrected chi connectivity index (χ0v) is 11.0. The molecule has 3 rings (SSSR count). The molecule has 1 saturated carbocycles. The van der Waals surface area contributed by atoms with E-state index >= 15 is 0 Å². The van der Waals surface area contributed by atoms with Gasteiger partial charge in [-0.2, -0.15) is 0 Å². The van der Waals surface area contributed by atoms with Crippen LogP contribution in [0.5, 0.6) is 0 Å². The monoisotopic (exact) mass is 294 g/mol. The molecule has 2 N–H and O–H groups in total. The van der Waals surface area contributed by atoms with E-state index in [0.29, 0.717) is 16.8 Å². The summed E-state index contributed by atoms with van der Waals surface area (Å²) >= 11 is 1.07. The number of hydrogen-bond acceptors (Lipinski definition) is 7. The number of rotatable bonds is 5. The molecule has 0 unspecified atom stereocenters. The Hall–Kier alpha value is -2.23. The molecule has 0 amide bonds. The van der Waals surface area contributed by atoms with Crippen LogP contribution in [0.3, 0.4) is 0 Å². The Morgan fingerprint density at radius 3 is 3.05 bits per heavy atom. The molecule has 1 aliphatic rings. The molecule has 0 aliphatic heterocycles. The van der Waals surface area contributed by atoms with Gasteiger partial charge in [0.25, 0.3) is 5.56 Å². The third-order valence-corrected chi connectivity index (χ3v) is 3.57. The second-order valence-corrected chi connectivity index (χ2v) is 5.35. The third-order valence-electron chi connectivity index (χ3n) is 2.68. The van der Waals surface area contributed by atoms with Crippen LogP contribution in [0.2, 0.25) is 0 Å². The topological polar surface area (TPSA) is 127 Å². The molecule has 0 aromatic carbocycles. The lowest BCUT2D eigenvalue weighted by Crippen LogP contribution is -2.12. The molecular formula is C10H10N6O3S. The molecule has 0 atom stereocenters. The number of tetrazole rings is 1. The summed E-state index contributed by atoms with van der Waals surface area (Å²) in [5, 5.41) is 20.2. The SMILES string of the molecule is O=C(O)Cn1nnnc1Sc1cc(=O)[nH]c(C2CC2)n1. The van der Waals surface area contributed by atoms with Gasteiger partial charge in [0.1, 0.15) is 17.4 Å². The van der Waals surface area contributed by atoms with Crippen molar-refractivity contribution < 1.29 is 9.90 Å². The summed E-state index contributed by atoms with van der Waals surface area (Å²) in [6.07, 6.45) is 2.04. The molecule has 10 heteroatoms. The summed E-state index contributed by atoms with van der Waals surface area (Å²) in [5.41, 5.74) is -0.235. The van der Waals surface area contributed by atoms with E-state index in [0.717, 1.165) is 29.3 Å². The van der Waals surface area contributed by atoms with Crippen molar-refractivity contribution in [2.75, 3.05) is 0 Å². The lowest BCUT2D eigenvalue weighted by molar-refractivity contribution is -0.138. The molecule has 0 saturated heterocycles. The van der Waals surface area contributed by atoms with Crippen LogP contribution in [0.15, 0.2) is 21.0 Å². The molecule has 1 fully saturated rings. The highest BCUT2D eigenvalue weighted by molar-refractivity contribution is 7.99.